The second kappa shape index (κ2) is 8.21. The minimum atomic E-state index is -0.412. The molecule has 3 amide bonds. The monoisotopic (exact) mass is 284 g/mol. The average molecular weight is 284 g/mol. The number of hydrogen-bond donors (Lipinski definition) is 3. The SMILES string of the molecule is CC(C)CCNC(=O)NC(=O)CN1CCC(C)C(N)C1. The van der Waals surface area contributed by atoms with E-state index in [9.17, 15) is 9.59 Å². The molecule has 1 aliphatic heterocycles. The van der Waals surface area contributed by atoms with Crippen molar-refractivity contribution in [2.24, 2.45) is 17.6 Å². The van der Waals surface area contributed by atoms with Crippen molar-refractivity contribution in [2.75, 3.05) is 26.2 Å². The highest BCUT2D eigenvalue weighted by Gasteiger charge is 2.24. The molecular weight excluding hydrogens is 256 g/mol. The van der Waals surface area contributed by atoms with E-state index in [4.69, 9.17) is 5.73 Å². The van der Waals surface area contributed by atoms with Gasteiger partial charge in [0.2, 0.25) is 5.91 Å². The first kappa shape index (κ1) is 16.9. The van der Waals surface area contributed by atoms with Gasteiger partial charge >= 0.3 is 6.03 Å². The molecule has 4 N–H and O–H groups in total. The Labute approximate surface area is 121 Å². The molecule has 0 spiro atoms. The Morgan fingerprint density at radius 1 is 1.40 bits per heavy atom. The Balaban J connectivity index is 2.21. The van der Waals surface area contributed by atoms with Crippen LogP contribution >= 0.6 is 0 Å². The molecule has 1 heterocycles. The van der Waals surface area contributed by atoms with Crippen molar-refractivity contribution in [3.63, 3.8) is 0 Å². The Bertz CT molecular complexity index is 333. The summed E-state index contributed by atoms with van der Waals surface area (Å²) in [5, 5.41) is 5.04. The molecule has 116 valence electrons. The second-order valence-electron chi connectivity index (χ2n) is 6.15. The van der Waals surface area contributed by atoms with Crippen LogP contribution in [0.25, 0.3) is 0 Å². The van der Waals surface area contributed by atoms with Crippen LogP contribution in [0.4, 0.5) is 4.79 Å². The van der Waals surface area contributed by atoms with Crippen LogP contribution in [0.2, 0.25) is 0 Å². The predicted molar refractivity (Wildman–Crippen MR) is 79.2 cm³/mol. The van der Waals surface area contributed by atoms with E-state index in [1.165, 1.54) is 0 Å². The fourth-order valence-electron chi connectivity index (χ4n) is 2.20. The zero-order valence-electron chi connectivity index (χ0n) is 12.8. The first-order valence-corrected chi connectivity index (χ1v) is 7.44. The molecule has 1 saturated heterocycles. The average Bonchev–Trinajstić information content (AvgIpc) is 2.33. The van der Waals surface area contributed by atoms with Crippen molar-refractivity contribution < 1.29 is 9.59 Å². The van der Waals surface area contributed by atoms with Gasteiger partial charge in [0, 0.05) is 19.1 Å². The van der Waals surface area contributed by atoms with Crippen LogP contribution in [0.1, 0.15) is 33.6 Å². The quantitative estimate of drug-likeness (QED) is 0.687. The summed E-state index contributed by atoms with van der Waals surface area (Å²) in [5.74, 6) is 0.755. The second-order valence-corrected chi connectivity index (χ2v) is 6.15. The third-order valence-corrected chi connectivity index (χ3v) is 3.73. The molecule has 6 heteroatoms. The molecule has 1 rings (SSSR count). The van der Waals surface area contributed by atoms with Gasteiger partial charge in [0.25, 0.3) is 0 Å². The summed E-state index contributed by atoms with van der Waals surface area (Å²) in [6, 6.07) is -0.304. The van der Waals surface area contributed by atoms with Crippen molar-refractivity contribution in [1.29, 1.82) is 0 Å². The van der Waals surface area contributed by atoms with Gasteiger partial charge in [0.05, 0.1) is 6.54 Å². The number of amides is 3. The van der Waals surface area contributed by atoms with Crippen molar-refractivity contribution >= 4 is 11.9 Å². The number of likely N-dealkylation sites (tertiary alicyclic amines) is 1. The molecule has 0 saturated carbocycles. The lowest BCUT2D eigenvalue weighted by Gasteiger charge is -2.34. The number of nitrogens with zero attached hydrogens (tertiary/aromatic N) is 1. The topological polar surface area (TPSA) is 87.5 Å². The first-order valence-electron chi connectivity index (χ1n) is 7.44. The number of urea groups is 1. The Hall–Kier alpha value is -1.14. The lowest BCUT2D eigenvalue weighted by atomic mass is 9.94. The van der Waals surface area contributed by atoms with Gasteiger partial charge in [0.1, 0.15) is 0 Å². The van der Waals surface area contributed by atoms with Gasteiger partial charge in [-0.15, -0.1) is 0 Å². The molecule has 0 aliphatic carbocycles. The summed E-state index contributed by atoms with van der Waals surface area (Å²) in [5.41, 5.74) is 5.99. The molecule has 1 aliphatic rings. The normalized spacial score (nSPS) is 23.6. The zero-order valence-corrected chi connectivity index (χ0v) is 12.8. The molecule has 0 radical (unpaired) electrons. The van der Waals surface area contributed by atoms with Crippen LogP contribution in [0.3, 0.4) is 0 Å². The number of piperidine rings is 1. The van der Waals surface area contributed by atoms with E-state index in [1.54, 1.807) is 0 Å². The Morgan fingerprint density at radius 2 is 2.10 bits per heavy atom. The van der Waals surface area contributed by atoms with Crippen LogP contribution in [-0.4, -0.2) is 49.1 Å². The van der Waals surface area contributed by atoms with Gasteiger partial charge in [-0.25, -0.2) is 4.79 Å². The standard InChI is InChI=1S/C14H28N4O2/c1-10(2)4-6-16-14(20)17-13(19)9-18-7-5-11(3)12(15)8-18/h10-12H,4-9,15H2,1-3H3,(H2,16,17,19,20). The van der Waals surface area contributed by atoms with Crippen LogP contribution in [0.5, 0.6) is 0 Å². The lowest BCUT2D eigenvalue weighted by molar-refractivity contribution is -0.121. The maximum Gasteiger partial charge on any atom is 0.321 e. The van der Waals surface area contributed by atoms with E-state index >= 15 is 0 Å². The van der Waals surface area contributed by atoms with E-state index in [2.05, 4.69) is 31.4 Å². The van der Waals surface area contributed by atoms with Gasteiger partial charge in [-0.05, 0) is 31.2 Å². The van der Waals surface area contributed by atoms with E-state index in [1.807, 2.05) is 4.90 Å². The number of carbonyl (C=O) groups is 2. The van der Waals surface area contributed by atoms with Gasteiger partial charge in [-0.3, -0.25) is 15.0 Å². The Morgan fingerprint density at radius 3 is 2.70 bits per heavy atom. The van der Waals surface area contributed by atoms with Gasteiger partial charge in [0.15, 0.2) is 0 Å². The summed E-state index contributed by atoms with van der Waals surface area (Å²) in [7, 11) is 0. The molecule has 0 aromatic rings. The largest absolute Gasteiger partial charge is 0.338 e. The molecule has 2 atom stereocenters. The van der Waals surface area contributed by atoms with E-state index in [-0.39, 0.29) is 18.5 Å². The molecule has 0 bridgehead atoms. The number of imide groups is 1. The smallest absolute Gasteiger partial charge is 0.321 e. The summed E-state index contributed by atoms with van der Waals surface area (Å²) in [6.45, 7) is 8.70. The van der Waals surface area contributed by atoms with Crippen LogP contribution in [0, 0.1) is 11.8 Å². The molecule has 2 unspecified atom stereocenters. The third-order valence-electron chi connectivity index (χ3n) is 3.73. The van der Waals surface area contributed by atoms with Crippen molar-refractivity contribution in [2.45, 2.75) is 39.7 Å². The van der Waals surface area contributed by atoms with Crippen molar-refractivity contribution in [3.05, 3.63) is 0 Å². The predicted octanol–water partition coefficient (Wildman–Crippen LogP) is 0.527. The maximum atomic E-state index is 11.8. The fourth-order valence-corrected chi connectivity index (χ4v) is 2.20. The molecule has 6 nitrogen and oxygen atoms in total. The summed E-state index contributed by atoms with van der Waals surface area (Å²) in [6.07, 6.45) is 1.90. The summed E-state index contributed by atoms with van der Waals surface area (Å²) in [4.78, 5) is 25.3. The number of nitrogens with two attached hydrogens (primary N) is 1. The molecular formula is C14H28N4O2. The van der Waals surface area contributed by atoms with Crippen LogP contribution in [-0.2, 0) is 4.79 Å². The zero-order chi connectivity index (χ0) is 15.1. The van der Waals surface area contributed by atoms with Crippen LogP contribution in [0.15, 0.2) is 0 Å². The number of rotatable bonds is 5. The number of hydrogen-bond acceptors (Lipinski definition) is 4. The van der Waals surface area contributed by atoms with Gasteiger partial charge in [-0.2, -0.15) is 0 Å². The van der Waals surface area contributed by atoms with Crippen molar-refractivity contribution in [3.8, 4) is 0 Å². The molecule has 1 fully saturated rings. The Kier molecular flexibility index (Phi) is 6.95. The lowest BCUT2D eigenvalue weighted by Crippen LogP contribution is -2.51. The molecule has 0 aromatic heterocycles. The number of carbonyl (C=O) groups excluding carboxylic acids is 2. The minimum Gasteiger partial charge on any atom is -0.338 e. The van der Waals surface area contributed by atoms with Crippen molar-refractivity contribution in [1.82, 2.24) is 15.5 Å². The van der Waals surface area contributed by atoms with Crippen LogP contribution < -0.4 is 16.4 Å². The highest BCUT2D eigenvalue weighted by Crippen LogP contribution is 2.14. The molecule has 0 aromatic carbocycles. The van der Waals surface area contributed by atoms with Gasteiger partial charge in [-0.1, -0.05) is 20.8 Å². The first-order chi connectivity index (χ1) is 9.38. The van der Waals surface area contributed by atoms with E-state index in [0.29, 0.717) is 24.9 Å². The fraction of sp³-hybridized carbons (Fsp3) is 0.857. The summed E-state index contributed by atoms with van der Waals surface area (Å²) >= 11 is 0. The number of nitrogens with one attached hydrogen (secondary N) is 2. The highest BCUT2D eigenvalue weighted by molar-refractivity contribution is 5.95. The third kappa shape index (κ3) is 6.34. The van der Waals surface area contributed by atoms with E-state index < -0.39 is 6.03 Å². The molecule has 20 heavy (non-hydrogen) atoms. The van der Waals surface area contributed by atoms with Gasteiger partial charge < -0.3 is 11.1 Å². The van der Waals surface area contributed by atoms with E-state index in [0.717, 1.165) is 19.4 Å². The highest BCUT2D eigenvalue weighted by atomic mass is 16.2. The summed E-state index contributed by atoms with van der Waals surface area (Å²) < 4.78 is 0. The minimum absolute atomic E-state index is 0.108. The maximum absolute atomic E-state index is 11.8.